The van der Waals surface area contributed by atoms with Gasteiger partial charge in [-0.25, -0.2) is 9.37 Å². The van der Waals surface area contributed by atoms with Crippen molar-refractivity contribution in [3.05, 3.63) is 75.8 Å². The van der Waals surface area contributed by atoms with Gasteiger partial charge in [0.15, 0.2) is 0 Å². The maximum Gasteiger partial charge on any atom is 0.315 e. The molecule has 0 aliphatic heterocycles. The van der Waals surface area contributed by atoms with Crippen LogP contribution in [0.3, 0.4) is 0 Å². The molecule has 0 spiro atoms. The van der Waals surface area contributed by atoms with E-state index in [0.29, 0.717) is 16.8 Å². The van der Waals surface area contributed by atoms with E-state index in [-0.39, 0.29) is 17.2 Å². The lowest BCUT2D eigenvalue weighted by atomic mass is 10.0. The lowest BCUT2D eigenvalue weighted by Crippen LogP contribution is -2.32. The molecule has 10 heteroatoms. The Morgan fingerprint density at radius 1 is 1.23 bits per heavy atom. The van der Waals surface area contributed by atoms with Gasteiger partial charge in [0, 0.05) is 22.2 Å². The van der Waals surface area contributed by atoms with E-state index in [1.165, 1.54) is 6.92 Å². The van der Waals surface area contributed by atoms with Crippen molar-refractivity contribution in [3.63, 3.8) is 0 Å². The molecule has 4 aromatic rings. The molecule has 0 aliphatic carbocycles. The third-order valence-corrected chi connectivity index (χ3v) is 5.96. The van der Waals surface area contributed by atoms with Crippen LogP contribution in [-0.4, -0.2) is 27.5 Å². The molecule has 35 heavy (non-hydrogen) atoms. The minimum atomic E-state index is -3.20. The van der Waals surface area contributed by atoms with E-state index in [2.05, 4.69) is 20.5 Å². The molecule has 4 rings (SSSR count). The predicted molar refractivity (Wildman–Crippen MR) is 127 cm³/mol. The number of benzene rings is 2. The number of nitrogens with zero attached hydrogens (tertiary/aromatic N) is 2. The standard InChI is InChI=1S/C25H22ClF3N4O2/c1-12-10-30-33-22(12)18-7-13(2)31-23-16(18)5-4-6-21(23)35-11-19-17(8-15(27)9-20(19)26)14(3)32-25(34)24(28)29/h4-10,14,24H,11H2,1-3H3,(H,30,33)(H,32,34)/t14-/m0/s1. The van der Waals surface area contributed by atoms with Crippen LogP contribution in [0.25, 0.3) is 22.2 Å². The van der Waals surface area contributed by atoms with Gasteiger partial charge >= 0.3 is 6.43 Å². The summed E-state index contributed by atoms with van der Waals surface area (Å²) in [7, 11) is 0. The van der Waals surface area contributed by atoms with Gasteiger partial charge < -0.3 is 10.1 Å². The van der Waals surface area contributed by atoms with Gasteiger partial charge in [0.25, 0.3) is 5.91 Å². The maximum atomic E-state index is 14.1. The Bertz CT molecular complexity index is 1410. The fraction of sp³-hybridized carbons (Fsp3) is 0.240. The number of H-pyrrole nitrogens is 1. The highest BCUT2D eigenvalue weighted by Crippen LogP contribution is 2.35. The number of ether oxygens (including phenoxy) is 1. The number of nitrogens with one attached hydrogen (secondary N) is 2. The quantitative estimate of drug-likeness (QED) is 0.322. The smallest absolute Gasteiger partial charge is 0.315 e. The van der Waals surface area contributed by atoms with Gasteiger partial charge in [0.2, 0.25) is 0 Å². The van der Waals surface area contributed by atoms with E-state index in [9.17, 15) is 18.0 Å². The zero-order chi connectivity index (χ0) is 25.3. The number of rotatable bonds is 7. The molecule has 0 radical (unpaired) electrons. The van der Waals surface area contributed by atoms with E-state index in [0.717, 1.165) is 40.0 Å². The zero-order valence-electron chi connectivity index (χ0n) is 19.1. The van der Waals surface area contributed by atoms with E-state index < -0.39 is 24.2 Å². The van der Waals surface area contributed by atoms with E-state index >= 15 is 0 Å². The first kappa shape index (κ1) is 24.5. The van der Waals surface area contributed by atoms with Gasteiger partial charge in [0.05, 0.1) is 23.0 Å². The SMILES string of the molecule is Cc1cc(-c2[nH]ncc2C)c2cccc(OCc3c(Cl)cc(F)cc3[C@H](C)NC(=O)C(F)F)c2n1. The molecule has 0 aliphatic rings. The normalized spacial score (nSPS) is 12.2. The highest BCUT2D eigenvalue weighted by atomic mass is 35.5. The van der Waals surface area contributed by atoms with Crippen LogP contribution in [0.4, 0.5) is 13.2 Å². The average Bonchev–Trinajstić information content (AvgIpc) is 3.23. The van der Waals surface area contributed by atoms with E-state index in [1.54, 1.807) is 12.3 Å². The Labute approximate surface area is 204 Å². The first-order valence-corrected chi connectivity index (χ1v) is 11.1. The Kier molecular flexibility index (Phi) is 6.98. The minimum absolute atomic E-state index is 0.0521. The second kappa shape index (κ2) is 9.95. The van der Waals surface area contributed by atoms with E-state index in [1.807, 2.05) is 32.0 Å². The van der Waals surface area contributed by atoms with Crippen LogP contribution >= 0.6 is 11.6 Å². The zero-order valence-corrected chi connectivity index (χ0v) is 19.9. The molecule has 2 aromatic carbocycles. The molecule has 1 amide bonds. The van der Waals surface area contributed by atoms with Crippen LogP contribution in [0.15, 0.2) is 42.6 Å². The van der Waals surface area contributed by atoms with Crippen LogP contribution in [0.1, 0.15) is 35.3 Å². The van der Waals surface area contributed by atoms with Crippen molar-refractivity contribution in [2.45, 2.75) is 39.8 Å². The average molecular weight is 503 g/mol. The number of halogens is 4. The Morgan fingerprint density at radius 3 is 2.69 bits per heavy atom. The summed E-state index contributed by atoms with van der Waals surface area (Å²) in [6.07, 6.45) is -1.46. The molecule has 0 saturated carbocycles. The van der Waals surface area contributed by atoms with Crippen molar-refractivity contribution in [2.75, 3.05) is 0 Å². The number of hydrogen-bond donors (Lipinski definition) is 2. The molecule has 0 saturated heterocycles. The van der Waals surface area contributed by atoms with Crippen LogP contribution in [0.5, 0.6) is 5.75 Å². The number of alkyl halides is 2. The summed E-state index contributed by atoms with van der Waals surface area (Å²) < 4.78 is 45.6. The number of aryl methyl sites for hydroxylation is 2. The molecule has 0 fully saturated rings. The summed E-state index contributed by atoms with van der Waals surface area (Å²) in [5.41, 5.74) is 4.73. The number of carbonyl (C=O) groups excluding carboxylic acids is 1. The van der Waals surface area contributed by atoms with Crippen molar-refractivity contribution >= 4 is 28.4 Å². The molecule has 2 N–H and O–H groups in total. The Balaban J connectivity index is 1.71. The van der Waals surface area contributed by atoms with Gasteiger partial charge in [0.1, 0.15) is 23.7 Å². The van der Waals surface area contributed by atoms with Crippen LogP contribution in [0.2, 0.25) is 5.02 Å². The van der Waals surface area contributed by atoms with Crippen LogP contribution < -0.4 is 10.1 Å². The molecule has 0 unspecified atom stereocenters. The molecule has 182 valence electrons. The number of fused-ring (bicyclic) bond motifs is 1. The van der Waals surface area contributed by atoms with E-state index in [4.69, 9.17) is 16.3 Å². The largest absolute Gasteiger partial charge is 0.487 e. The van der Waals surface area contributed by atoms with Crippen LogP contribution in [-0.2, 0) is 11.4 Å². The van der Waals surface area contributed by atoms with Gasteiger partial charge in [-0.3, -0.25) is 9.89 Å². The van der Waals surface area contributed by atoms with Crippen molar-refractivity contribution < 1.29 is 22.7 Å². The summed E-state index contributed by atoms with van der Waals surface area (Å²) in [5.74, 6) is -1.66. The predicted octanol–water partition coefficient (Wildman–Crippen LogP) is 6.06. The van der Waals surface area contributed by atoms with Crippen LogP contribution in [0, 0.1) is 19.7 Å². The molecular formula is C25H22ClF3N4O2. The first-order chi connectivity index (χ1) is 16.7. The molecule has 6 nitrogen and oxygen atoms in total. The Morgan fingerprint density at radius 2 is 2.00 bits per heavy atom. The highest BCUT2D eigenvalue weighted by molar-refractivity contribution is 6.31. The summed E-state index contributed by atoms with van der Waals surface area (Å²) in [5, 5.41) is 10.2. The first-order valence-electron chi connectivity index (χ1n) is 10.8. The van der Waals surface area contributed by atoms with Crippen molar-refractivity contribution in [2.24, 2.45) is 0 Å². The molecule has 2 heterocycles. The monoisotopic (exact) mass is 502 g/mol. The van der Waals surface area contributed by atoms with Crippen molar-refractivity contribution in [3.8, 4) is 17.0 Å². The molecule has 0 bridgehead atoms. The van der Waals surface area contributed by atoms with Crippen molar-refractivity contribution in [1.82, 2.24) is 20.5 Å². The number of amides is 1. The number of pyridine rings is 1. The third-order valence-electron chi connectivity index (χ3n) is 5.62. The second-order valence-corrected chi connectivity index (χ2v) is 8.57. The number of aromatic amines is 1. The molecule has 2 aromatic heterocycles. The lowest BCUT2D eigenvalue weighted by molar-refractivity contribution is -0.132. The number of para-hydroxylation sites is 1. The number of carbonyl (C=O) groups is 1. The van der Waals surface area contributed by atoms with Gasteiger partial charge in [-0.2, -0.15) is 13.9 Å². The summed E-state index contributed by atoms with van der Waals surface area (Å²) in [6, 6.07) is 8.77. The van der Waals surface area contributed by atoms with Gasteiger partial charge in [-0.15, -0.1) is 0 Å². The fourth-order valence-electron chi connectivity index (χ4n) is 3.96. The van der Waals surface area contributed by atoms with Crippen molar-refractivity contribution in [1.29, 1.82) is 0 Å². The fourth-order valence-corrected chi connectivity index (χ4v) is 4.23. The maximum absolute atomic E-state index is 14.1. The molecular weight excluding hydrogens is 481 g/mol. The highest BCUT2D eigenvalue weighted by Gasteiger charge is 2.22. The van der Waals surface area contributed by atoms with Gasteiger partial charge in [-0.1, -0.05) is 23.7 Å². The summed E-state index contributed by atoms with van der Waals surface area (Å²) in [4.78, 5) is 16.1. The number of hydrogen-bond acceptors (Lipinski definition) is 4. The molecule has 1 atom stereocenters. The topological polar surface area (TPSA) is 79.9 Å². The second-order valence-electron chi connectivity index (χ2n) is 8.17. The minimum Gasteiger partial charge on any atom is -0.487 e. The third kappa shape index (κ3) is 5.09. The Hall–Kier alpha value is -3.59. The number of aromatic nitrogens is 3. The summed E-state index contributed by atoms with van der Waals surface area (Å²) >= 11 is 6.29. The lowest BCUT2D eigenvalue weighted by Gasteiger charge is -2.20. The summed E-state index contributed by atoms with van der Waals surface area (Å²) in [6.45, 7) is 5.19. The van der Waals surface area contributed by atoms with Gasteiger partial charge in [-0.05, 0) is 56.2 Å².